The molecule has 0 spiro atoms. The molecular weight excluding hydrogens is 361 g/mol. The zero-order valence-corrected chi connectivity index (χ0v) is 15.7. The fraction of sp³-hybridized carbons (Fsp3) is 0.333. The maximum atomic E-state index is 12.3. The van der Waals surface area contributed by atoms with Gasteiger partial charge < -0.3 is 20.1 Å². The van der Waals surface area contributed by atoms with Gasteiger partial charge in [-0.25, -0.2) is 0 Å². The summed E-state index contributed by atoms with van der Waals surface area (Å²) >= 11 is 5.83. The Morgan fingerprint density at radius 3 is 2.32 bits per heavy atom. The summed E-state index contributed by atoms with van der Waals surface area (Å²) < 4.78 is 17.4. The fourth-order valence-electron chi connectivity index (χ4n) is 2.46. The van der Waals surface area contributed by atoms with Crippen molar-refractivity contribution in [2.45, 2.75) is 18.8 Å². The van der Waals surface area contributed by atoms with Crippen molar-refractivity contribution in [3.05, 3.63) is 64.7 Å². The standard InChI is InChI=1S/C18H23ClNO4P/c1-24-18-8-4-15(5-9-18)12-25(22,23)13-17(21)11-20-10-14-2-6-16(19)7-3-14/h2-9,17,20-21H,10-13H2,1H3,(H,22,23)/t17-/m1/s1. The van der Waals surface area contributed by atoms with Crippen LogP contribution in [0, 0.1) is 0 Å². The molecular formula is C18H23ClNO4P. The largest absolute Gasteiger partial charge is 0.497 e. The first kappa shape index (κ1) is 20.0. The average Bonchev–Trinajstić information content (AvgIpc) is 2.56. The van der Waals surface area contributed by atoms with Crippen molar-refractivity contribution in [1.29, 1.82) is 0 Å². The highest BCUT2D eigenvalue weighted by molar-refractivity contribution is 7.57. The van der Waals surface area contributed by atoms with Crippen LogP contribution in [0.15, 0.2) is 48.5 Å². The van der Waals surface area contributed by atoms with Crippen LogP contribution in [-0.4, -0.2) is 35.9 Å². The number of halogens is 1. The number of benzene rings is 2. The van der Waals surface area contributed by atoms with Crippen molar-refractivity contribution in [2.24, 2.45) is 0 Å². The molecule has 0 heterocycles. The smallest absolute Gasteiger partial charge is 0.207 e. The zero-order chi connectivity index (χ0) is 18.3. The Morgan fingerprint density at radius 2 is 1.72 bits per heavy atom. The van der Waals surface area contributed by atoms with Gasteiger partial charge in [-0.15, -0.1) is 0 Å². The second kappa shape index (κ2) is 9.37. The van der Waals surface area contributed by atoms with Crippen LogP contribution in [-0.2, 0) is 17.3 Å². The van der Waals surface area contributed by atoms with E-state index in [9.17, 15) is 14.6 Å². The third-order valence-corrected chi connectivity index (χ3v) is 5.81. The minimum absolute atomic E-state index is 0.0330. The van der Waals surface area contributed by atoms with E-state index in [1.807, 2.05) is 12.1 Å². The first-order valence-electron chi connectivity index (χ1n) is 7.95. The molecule has 0 saturated heterocycles. The molecule has 2 rings (SSSR count). The fourth-order valence-corrected chi connectivity index (χ4v) is 4.28. The molecule has 0 amide bonds. The molecule has 7 heteroatoms. The van der Waals surface area contributed by atoms with Crippen molar-refractivity contribution in [1.82, 2.24) is 5.32 Å². The molecule has 2 aromatic carbocycles. The van der Waals surface area contributed by atoms with E-state index in [0.29, 0.717) is 17.3 Å². The Balaban J connectivity index is 1.78. The van der Waals surface area contributed by atoms with Crippen molar-refractivity contribution in [3.8, 4) is 5.75 Å². The van der Waals surface area contributed by atoms with Gasteiger partial charge in [0.05, 0.1) is 19.4 Å². The molecule has 0 fully saturated rings. The van der Waals surface area contributed by atoms with Crippen LogP contribution in [0.1, 0.15) is 11.1 Å². The van der Waals surface area contributed by atoms with E-state index in [1.165, 1.54) is 0 Å². The van der Waals surface area contributed by atoms with Crippen LogP contribution in [0.25, 0.3) is 0 Å². The van der Waals surface area contributed by atoms with Crippen LogP contribution in [0.3, 0.4) is 0 Å². The number of hydrogen-bond donors (Lipinski definition) is 3. The summed E-state index contributed by atoms with van der Waals surface area (Å²) in [6.07, 6.45) is -1.00. The van der Waals surface area contributed by atoms with Gasteiger partial charge in [-0.05, 0) is 35.4 Å². The topological polar surface area (TPSA) is 78.8 Å². The lowest BCUT2D eigenvalue weighted by Crippen LogP contribution is -2.29. The lowest BCUT2D eigenvalue weighted by molar-refractivity contribution is 0.190. The highest BCUT2D eigenvalue weighted by atomic mass is 35.5. The summed E-state index contributed by atoms with van der Waals surface area (Å²) in [5.74, 6) is 0.697. The first-order valence-corrected chi connectivity index (χ1v) is 10.4. The van der Waals surface area contributed by atoms with Crippen molar-refractivity contribution < 1.29 is 19.3 Å². The SMILES string of the molecule is COc1ccc(CP(=O)(O)C[C@H](O)CNCc2ccc(Cl)cc2)cc1. The number of nitrogens with one attached hydrogen (secondary N) is 1. The normalized spacial score (nSPS) is 14.7. The molecule has 0 aromatic heterocycles. The molecule has 0 aliphatic rings. The highest BCUT2D eigenvalue weighted by Crippen LogP contribution is 2.45. The Labute approximate surface area is 153 Å². The van der Waals surface area contributed by atoms with E-state index in [2.05, 4.69) is 5.32 Å². The quantitative estimate of drug-likeness (QED) is 0.579. The summed E-state index contributed by atoms with van der Waals surface area (Å²) in [6, 6.07) is 14.4. The molecule has 1 unspecified atom stereocenters. The van der Waals surface area contributed by atoms with Crippen LogP contribution in [0.4, 0.5) is 0 Å². The van der Waals surface area contributed by atoms with Crippen LogP contribution < -0.4 is 10.1 Å². The van der Waals surface area contributed by atoms with E-state index < -0.39 is 13.5 Å². The summed E-state index contributed by atoms with van der Waals surface area (Å²) in [7, 11) is -1.89. The van der Waals surface area contributed by atoms with E-state index in [1.54, 1.807) is 43.5 Å². The Morgan fingerprint density at radius 1 is 1.12 bits per heavy atom. The minimum atomic E-state index is -3.46. The second-order valence-corrected chi connectivity index (χ2v) is 8.76. The maximum absolute atomic E-state index is 12.3. The van der Waals surface area contributed by atoms with E-state index in [0.717, 1.165) is 11.1 Å². The van der Waals surface area contributed by atoms with Crippen LogP contribution in [0.5, 0.6) is 5.75 Å². The second-order valence-electron chi connectivity index (χ2n) is 5.95. The maximum Gasteiger partial charge on any atom is 0.207 e. The van der Waals surface area contributed by atoms with Crippen molar-refractivity contribution in [2.75, 3.05) is 19.8 Å². The molecule has 25 heavy (non-hydrogen) atoms. The number of aliphatic hydroxyl groups excluding tert-OH is 1. The molecule has 5 nitrogen and oxygen atoms in total. The van der Waals surface area contributed by atoms with Gasteiger partial charge in [-0.3, -0.25) is 4.57 Å². The van der Waals surface area contributed by atoms with Gasteiger partial charge >= 0.3 is 0 Å². The molecule has 136 valence electrons. The van der Waals surface area contributed by atoms with Gasteiger partial charge in [0.15, 0.2) is 0 Å². The van der Waals surface area contributed by atoms with Gasteiger partial charge in [0.2, 0.25) is 7.37 Å². The Hall–Kier alpha value is -1.36. The van der Waals surface area contributed by atoms with Crippen LogP contribution in [0.2, 0.25) is 5.02 Å². The Bertz CT molecular complexity index is 706. The minimum Gasteiger partial charge on any atom is -0.497 e. The van der Waals surface area contributed by atoms with Gasteiger partial charge in [-0.2, -0.15) is 0 Å². The molecule has 0 saturated carbocycles. The molecule has 2 atom stereocenters. The van der Waals surface area contributed by atoms with E-state index in [-0.39, 0.29) is 18.9 Å². The number of aliphatic hydroxyl groups is 1. The average molecular weight is 384 g/mol. The first-order chi connectivity index (χ1) is 11.9. The lowest BCUT2D eigenvalue weighted by Gasteiger charge is -2.17. The summed E-state index contributed by atoms with van der Waals surface area (Å²) in [4.78, 5) is 10.1. The molecule has 0 aliphatic carbocycles. The zero-order valence-electron chi connectivity index (χ0n) is 14.1. The molecule has 2 aromatic rings. The summed E-state index contributed by atoms with van der Waals surface area (Å²) in [5.41, 5.74) is 1.77. The van der Waals surface area contributed by atoms with Gasteiger partial charge in [-0.1, -0.05) is 35.9 Å². The van der Waals surface area contributed by atoms with E-state index >= 15 is 0 Å². The van der Waals surface area contributed by atoms with Crippen molar-refractivity contribution in [3.63, 3.8) is 0 Å². The number of hydrogen-bond acceptors (Lipinski definition) is 4. The summed E-state index contributed by atoms with van der Waals surface area (Å²) in [5, 5.41) is 13.8. The lowest BCUT2D eigenvalue weighted by atomic mass is 10.2. The van der Waals surface area contributed by atoms with Gasteiger partial charge in [0.1, 0.15) is 5.75 Å². The van der Waals surface area contributed by atoms with Crippen LogP contribution >= 0.6 is 19.0 Å². The highest BCUT2D eigenvalue weighted by Gasteiger charge is 2.23. The van der Waals surface area contributed by atoms with Gasteiger partial charge in [0.25, 0.3) is 0 Å². The third kappa shape index (κ3) is 7.18. The molecule has 0 bridgehead atoms. The third-order valence-electron chi connectivity index (χ3n) is 3.71. The number of ether oxygens (including phenoxy) is 1. The predicted octanol–water partition coefficient (Wildman–Crippen LogP) is 3.27. The Kier molecular flexibility index (Phi) is 7.48. The monoisotopic (exact) mass is 383 g/mol. The molecule has 0 radical (unpaired) electrons. The summed E-state index contributed by atoms with van der Waals surface area (Å²) in [6.45, 7) is 0.804. The molecule has 3 N–H and O–H groups in total. The van der Waals surface area contributed by atoms with E-state index in [4.69, 9.17) is 16.3 Å². The van der Waals surface area contributed by atoms with Gasteiger partial charge in [0, 0.05) is 24.3 Å². The van der Waals surface area contributed by atoms with Crippen molar-refractivity contribution >= 4 is 19.0 Å². The number of methoxy groups -OCH3 is 1. The number of rotatable bonds is 9. The predicted molar refractivity (Wildman–Crippen MR) is 101 cm³/mol. The molecule has 0 aliphatic heterocycles.